The molecule has 2 aliphatic rings. The van der Waals surface area contributed by atoms with Gasteiger partial charge in [0.25, 0.3) is 5.91 Å². The third-order valence-corrected chi connectivity index (χ3v) is 8.77. The van der Waals surface area contributed by atoms with Crippen LogP contribution in [-0.2, 0) is 24.7 Å². The van der Waals surface area contributed by atoms with E-state index in [1.54, 1.807) is 29.2 Å². The Balaban J connectivity index is 1.42. The molecule has 2 N–H and O–H groups in total. The lowest BCUT2D eigenvalue weighted by atomic mass is 10.1. The lowest BCUT2D eigenvalue weighted by Gasteiger charge is -2.16. The number of nitrogens with zero attached hydrogens (tertiary/aromatic N) is 1. The van der Waals surface area contributed by atoms with E-state index in [2.05, 4.69) is 10.0 Å². The van der Waals surface area contributed by atoms with Crippen molar-refractivity contribution in [3.05, 3.63) is 54.1 Å². The van der Waals surface area contributed by atoms with Gasteiger partial charge in [0.1, 0.15) is 0 Å². The number of nitrogens with one attached hydrogen (secondary N) is 2. The second-order valence-corrected chi connectivity index (χ2v) is 11.8. The van der Waals surface area contributed by atoms with Crippen molar-refractivity contribution in [1.29, 1.82) is 0 Å². The normalized spacial score (nSPS) is 20.4. The Kier molecular flexibility index (Phi) is 6.06. The van der Waals surface area contributed by atoms with E-state index >= 15 is 0 Å². The zero-order chi connectivity index (χ0) is 22.9. The molecule has 2 aromatic carbocycles. The molecule has 2 aromatic rings. The van der Waals surface area contributed by atoms with E-state index in [-0.39, 0.29) is 34.6 Å². The number of hydrogen-bond donors (Lipinski definition) is 2. The van der Waals surface area contributed by atoms with Crippen molar-refractivity contribution in [2.24, 2.45) is 0 Å². The van der Waals surface area contributed by atoms with Crippen LogP contribution >= 0.6 is 0 Å². The van der Waals surface area contributed by atoms with E-state index in [9.17, 15) is 26.4 Å². The van der Waals surface area contributed by atoms with E-state index in [1.165, 1.54) is 24.3 Å². The Bertz CT molecular complexity index is 1260. The maximum Gasteiger partial charge on any atom is 0.255 e. The fraction of sp³-hybridized carbons (Fsp3) is 0.333. The molecule has 1 atom stereocenters. The predicted molar refractivity (Wildman–Crippen MR) is 120 cm³/mol. The molecule has 0 aliphatic carbocycles. The summed E-state index contributed by atoms with van der Waals surface area (Å²) in [5.74, 6) is -0.590. The lowest BCUT2D eigenvalue weighted by molar-refractivity contribution is -0.117. The monoisotopic (exact) mass is 477 g/mol. The third-order valence-electron chi connectivity index (χ3n) is 5.47. The van der Waals surface area contributed by atoms with Gasteiger partial charge in [0, 0.05) is 35.9 Å². The summed E-state index contributed by atoms with van der Waals surface area (Å²) in [6.07, 6.45) is 1.53. The number of sulfonamides is 1. The third kappa shape index (κ3) is 5.00. The van der Waals surface area contributed by atoms with E-state index < -0.39 is 25.9 Å². The molecule has 170 valence electrons. The van der Waals surface area contributed by atoms with E-state index in [0.717, 1.165) is 6.42 Å². The molecule has 0 aromatic heterocycles. The zero-order valence-corrected chi connectivity index (χ0v) is 18.8. The Hall–Kier alpha value is -2.76. The molecular weight excluding hydrogens is 454 g/mol. The van der Waals surface area contributed by atoms with Gasteiger partial charge in [-0.2, -0.15) is 0 Å². The molecule has 0 saturated carbocycles. The van der Waals surface area contributed by atoms with E-state index in [4.69, 9.17) is 0 Å². The minimum atomic E-state index is -3.88. The summed E-state index contributed by atoms with van der Waals surface area (Å²) in [4.78, 5) is 26.2. The van der Waals surface area contributed by atoms with Crippen LogP contribution in [0.5, 0.6) is 0 Å². The maximum absolute atomic E-state index is 12.6. The maximum atomic E-state index is 12.6. The van der Waals surface area contributed by atoms with Gasteiger partial charge in [0.2, 0.25) is 15.9 Å². The van der Waals surface area contributed by atoms with Crippen LogP contribution in [0.2, 0.25) is 0 Å². The number of hydrogen-bond acceptors (Lipinski definition) is 6. The Morgan fingerprint density at radius 1 is 1.09 bits per heavy atom. The number of anilines is 2. The summed E-state index contributed by atoms with van der Waals surface area (Å²) < 4.78 is 50.6. The molecule has 2 aliphatic heterocycles. The summed E-state index contributed by atoms with van der Waals surface area (Å²) in [5, 5.41) is 2.71. The quantitative estimate of drug-likeness (QED) is 0.649. The standard InChI is InChI=1S/C21H23N3O6S2/c25-20-5-2-11-24(20)18-4-1-3-15(13-18)21(26)22-16-6-8-19(9-7-16)32(29,30)23-17-10-12-31(27,28)14-17/h1,3-4,6-9,13,17,23H,2,5,10-12,14H2,(H,22,26). The Morgan fingerprint density at radius 3 is 2.47 bits per heavy atom. The summed E-state index contributed by atoms with van der Waals surface area (Å²) in [7, 11) is -7.08. The zero-order valence-electron chi connectivity index (χ0n) is 17.2. The van der Waals surface area contributed by atoms with Gasteiger partial charge in [-0.3, -0.25) is 9.59 Å². The highest BCUT2D eigenvalue weighted by atomic mass is 32.2. The molecule has 32 heavy (non-hydrogen) atoms. The summed E-state index contributed by atoms with van der Waals surface area (Å²) in [6, 6.07) is 11.8. The van der Waals surface area contributed by atoms with Crippen molar-refractivity contribution in [2.45, 2.75) is 30.2 Å². The molecule has 0 bridgehead atoms. The highest BCUT2D eigenvalue weighted by Crippen LogP contribution is 2.23. The number of sulfone groups is 1. The Morgan fingerprint density at radius 2 is 1.84 bits per heavy atom. The van der Waals surface area contributed by atoms with Crippen molar-refractivity contribution in [3.63, 3.8) is 0 Å². The van der Waals surface area contributed by atoms with Crippen molar-refractivity contribution < 1.29 is 26.4 Å². The van der Waals surface area contributed by atoms with Crippen LogP contribution in [0.3, 0.4) is 0 Å². The fourth-order valence-electron chi connectivity index (χ4n) is 3.83. The molecule has 0 spiro atoms. The van der Waals surface area contributed by atoms with Crippen LogP contribution in [-0.4, -0.2) is 52.7 Å². The molecular formula is C21H23N3O6S2. The highest BCUT2D eigenvalue weighted by Gasteiger charge is 2.31. The van der Waals surface area contributed by atoms with E-state index in [0.29, 0.717) is 29.9 Å². The molecule has 0 radical (unpaired) electrons. The number of carbonyl (C=O) groups is 2. The average Bonchev–Trinajstić information content (AvgIpc) is 3.32. The first-order valence-electron chi connectivity index (χ1n) is 10.2. The van der Waals surface area contributed by atoms with Gasteiger partial charge in [-0.05, 0) is 55.3 Å². The number of amides is 2. The molecule has 2 amide bonds. The fourth-order valence-corrected chi connectivity index (χ4v) is 6.88. The SMILES string of the molecule is O=C(Nc1ccc(S(=O)(=O)NC2CCS(=O)(=O)C2)cc1)c1cccc(N2CCCC2=O)c1. The Labute approximate surface area is 186 Å². The first kappa shape index (κ1) is 22.4. The van der Waals surface area contributed by atoms with Crippen LogP contribution in [0.1, 0.15) is 29.6 Å². The lowest BCUT2D eigenvalue weighted by Crippen LogP contribution is -2.35. The summed E-state index contributed by atoms with van der Waals surface area (Å²) >= 11 is 0. The van der Waals surface area contributed by atoms with Crippen LogP contribution in [0.25, 0.3) is 0 Å². The largest absolute Gasteiger partial charge is 0.322 e. The van der Waals surface area contributed by atoms with Crippen LogP contribution in [0.15, 0.2) is 53.4 Å². The van der Waals surface area contributed by atoms with Crippen LogP contribution in [0.4, 0.5) is 11.4 Å². The molecule has 9 nitrogen and oxygen atoms in total. The molecule has 11 heteroatoms. The van der Waals surface area contributed by atoms with E-state index in [1.807, 2.05) is 0 Å². The molecule has 2 saturated heterocycles. The van der Waals surface area contributed by atoms with Crippen molar-refractivity contribution in [3.8, 4) is 0 Å². The van der Waals surface area contributed by atoms with Gasteiger partial charge in [-0.15, -0.1) is 0 Å². The second-order valence-electron chi connectivity index (χ2n) is 7.90. The summed E-state index contributed by atoms with van der Waals surface area (Å²) in [6.45, 7) is 0.626. The second kappa shape index (κ2) is 8.64. The molecule has 4 rings (SSSR count). The smallest absolute Gasteiger partial charge is 0.255 e. The molecule has 1 unspecified atom stereocenters. The topological polar surface area (TPSA) is 130 Å². The number of rotatable bonds is 6. The van der Waals surface area contributed by atoms with Crippen molar-refractivity contribution in [1.82, 2.24) is 4.72 Å². The van der Waals surface area contributed by atoms with Crippen LogP contribution in [0, 0.1) is 0 Å². The molecule has 2 heterocycles. The van der Waals surface area contributed by atoms with Gasteiger partial charge in [-0.25, -0.2) is 21.6 Å². The van der Waals surface area contributed by atoms with Gasteiger partial charge in [-0.1, -0.05) is 6.07 Å². The van der Waals surface area contributed by atoms with Gasteiger partial charge >= 0.3 is 0 Å². The number of benzene rings is 2. The van der Waals surface area contributed by atoms with Crippen molar-refractivity contribution in [2.75, 3.05) is 28.3 Å². The van der Waals surface area contributed by atoms with Gasteiger partial charge < -0.3 is 10.2 Å². The highest BCUT2D eigenvalue weighted by molar-refractivity contribution is 7.92. The van der Waals surface area contributed by atoms with Gasteiger partial charge in [0.15, 0.2) is 9.84 Å². The minimum Gasteiger partial charge on any atom is -0.322 e. The molecule has 2 fully saturated rings. The predicted octanol–water partition coefficient (Wildman–Crippen LogP) is 1.53. The first-order chi connectivity index (χ1) is 15.1. The first-order valence-corrected chi connectivity index (χ1v) is 13.5. The average molecular weight is 478 g/mol. The number of carbonyl (C=O) groups excluding carboxylic acids is 2. The van der Waals surface area contributed by atoms with Crippen LogP contribution < -0.4 is 14.9 Å². The summed E-state index contributed by atoms with van der Waals surface area (Å²) in [5.41, 5.74) is 1.45. The minimum absolute atomic E-state index is 0.0191. The van der Waals surface area contributed by atoms with Gasteiger partial charge in [0.05, 0.1) is 16.4 Å². The van der Waals surface area contributed by atoms with Crippen molar-refractivity contribution >= 4 is 43.0 Å².